The molecule has 0 spiro atoms. The van der Waals surface area contributed by atoms with Crippen LogP contribution in [0.25, 0.3) is 0 Å². The first-order chi connectivity index (χ1) is 10.8. The number of rotatable bonds is 9. The van der Waals surface area contributed by atoms with E-state index in [0.29, 0.717) is 5.54 Å². The van der Waals surface area contributed by atoms with Crippen LogP contribution >= 0.6 is 0 Å². The van der Waals surface area contributed by atoms with Gasteiger partial charge in [-0.1, -0.05) is 30.7 Å². The molecule has 0 aliphatic heterocycles. The Morgan fingerprint density at radius 3 is 1.62 bits per heavy atom. The van der Waals surface area contributed by atoms with E-state index >= 15 is 0 Å². The maximum atomic E-state index is 6.85. The summed E-state index contributed by atoms with van der Waals surface area (Å²) in [5.74, 6) is 0. The maximum absolute atomic E-state index is 6.85. The van der Waals surface area contributed by atoms with Gasteiger partial charge in [0.25, 0.3) is 0 Å². The normalized spacial score (nSPS) is 20.5. The molecule has 0 aromatic heterocycles. The van der Waals surface area contributed by atoms with Gasteiger partial charge in [-0.3, -0.25) is 0 Å². The van der Waals surface area contributed by atoms with Gasteiger partial charge >= 0.3 is 17.1 Å². The fraction of sp³-hybridized carbons (Fsp3) is 0.765. The molecule has 0 heterocycles. The summed E-state index contributed by atoms with van der Waals surface area (Å²) in [5.41, 5.74) is 4.60. The first kappa shape index (κ1) is 22.3. The van der Waals surface area contributed by atoms with Crippen molar-refractivity contribution in [1.29, 1.82) is 0 Å². The van der Waals surface area contributed by atoms with E-state index in [1.807, 2.05) is 11.4 Å². The van der Waals surface area contributed by atoms with Crippen molar-refractivity contribution in [1.82, 2.24) is 0 Å². The van der Waals surface area contributed by atoms with E-state index in [0.717, 1.165) is 0 Å². The van der Waals surface area contributed by atoms with Gasteiger partial charge in [-0.15, -0.1) is 13.2 Å². The van der Waals surface area contributed by atoms with E-state index in [9.17, 15) is 0 Å². The average molecular weight is 403 g/mol. The van der Waals surface area contributed by atoms with Crippen LogP contribution in [0.1, 0.15) is 32.1 Å². The predicted molar refractivity (Wildman–Crippen MR) is 115 cm³/mol. The fourth-order valence-corrected chi connectivity index (χ4v) is 21.3. The Labute approximate surface area is 154 Å². The van der Waals surface area contributed by atoms with Crippen LogP contribution in [0.15, 0.2) is 24.6 Å². The van der Waals surface area contributed by atoms with Crippen molar-refractivity contribution in [2.75, 3.05) is 0 Å². The van der Waals surface area contributed by atoms with Crippen LogP contribution in [-0.2, 0) is 12.3 Å². The fourth-order valence-electron chi connectivity index (χ4n) is 3.56. The van der Waals surface area contributed by atoms with Crippen LogP contribution in [0.4, 0.5) is 0 Å². The molecular formula is C17H38O3Si4. The molecule has 1 atom stereocenters. The third-order valence-corrected chi connectivity index (χ3v) is 20.2. The van der Waals surface area contributed by atoms with E-state index in [-0.39, 0.29) is 0 Å². The Hall–Kier alpha value is 0.228. The van der Waals surface area contributed by atoms with Gasteiger partial charge in [0.05, 0.1) is 0 Å². The van der Waals surface area contributed by atoms with E-state index in [4.69, 9.17) is 12.3 Å². The maximum Gasteiger partial charge on any atom is 0.319 e. The van der Waals surface area contributed by atoms with Crippen molar-refractivity contribution in [3.05, 3.63) is 24.6 Å². The quantitative estimate of drug-likeness (QED) is 0.442. The molecule has 0 aromatic carbocycles. The second-order valence-electron chi connectivity index (χ2n) is 8.67. The van der Waals surface area contributed by atoms with Crippen LogP contribution in [0, 0.1) is 0 Å². The van der Waals surface area contributed by atoms with Gasteiger partial charge in [0.2, 0.25) is 0 Å². The second-order valence-corrected chi connectivity index (χ2v) is 24.0. The van der Waals surface area contributed by atoms with Crippen molar-refractivity contribution in [2.45, 2.75) is 83.5 Å². The zero-order valence-corrected chi connectivity index (χ0v) is 20.9. The summed E-state index contributed by atoms with van der Waals surface area (Å²) in [6, 6.07) is 0. The average Bonchev–Trinajstić information content (AvgIpc) is 2.46. The minimum Gasteiger partial charge on any atom is -0.433 e. The summed E-state index contributed by atoms with van der Waals surface area (Å²) in [6.07, 6.45) is 6.41. The van der Waals surface area contributed by atoms with Gasteiger partial charge in [0.15, 0.2) is 16.6 Å². The zero-order chi connectivity index (χ0) is 18.6. The summed E-state index contributed by atoms with van der Waals surface area (Å²) in [5, 5.41) is 0. The van der Waals surface area contributed by atoms with Gasteiger partial charge in [0, 0.05) is 5.54 Å². The van der Waals surface area contributed by atoms with Crippen LogP contribution in [-0.4, -0.2) is 33.8 Å². The molecule has 24 heavy (non-hydrogen) atoms. The zero-order valence-electron chi connectivity index (χ0n) is 16.9. The van der Waals surface area contributed by atoms with E-state index < -0.39 is 33.8 Å². The molecule has 1 saturated carbocycles. The molecule has 1 aliphatic carbocycles. The highest BCUT2D eigenvalue weighted by Crippen LogP contribution is 2.41. The number of hydrogen-bond acceptors (Lipinski definition) is 3. The van der Waals surface area contributed by atoms with E-state index in [1.54, 1.807) is 0 Å². The van der Waals surface area contributed by atoms with Gasteiger partial charge in [-0.25, -0.2) is 0 Å². The van der Waals surface area contributed by atoms with Crippen molar-refractivity contribution in [2.24, 2.45) is 0 Å². The third-order valence-electron chi connectivity index (χ3n) is 4.75. The van der Waals surface area contributed by atoms with Gasteiger partial charge in [-0.05, 0) is 58.7 Å². The highest BCUT2D eigenvalue weighted by Gasteiger charge is 2.50. The van der Waals surface area contributed by atoms with Crippen molar-refractivity contribution in [3.63, 3.8) is 0 Å². The highest BCUT2D eigenvalue weighted by molar-refractivity contribution is 6.92. The van der Waals surface area contributed by atoms with Gasteiger partial charge < -0.3 is 12.3 Å². The molecule has 1 rings (SSSR count). The Morgan fingerprint density at radius 1 is 0.708 bits per heavy atom. The minimum absolute atomic E-state index is 0.571. The summed E-state index contributed by atoms with van der Waals surface area (Å²) in [7, 11) is -8.39. The Bertz CT molecular complexity index is 445. The van der Waals surface area contributed by atoms with Crippen LogP contribution in [0.2, 0.25) is 51.4 Å². The summed E-state index contributed by atoms with van der Waals surface area (Å²) in [6.45, 7) is 23.4. The standard InChI is InChI=1S/C17H38O3Si4/c1-10-21(3,4)18-23(7,8)20-24(9,19-22(5,6)11-2)17-15-13-12-14-16-17/h10-11,17H,1-2,12-16H2,3-9H3. The lowest BCUT2D eigenvalue weighted by Crippen LogP contribution is -2.59. The molecule has 7 heteroatoms. The first-order valence-corrected chi connectivity index (χ1v) is 20.4. The third kappa shape index (κ3) is 6.85. The number of hydrogen-bond donors (Lipinski definition) is 0. The Morgan fingerprint density at radius 2 is 1.17 bits per heavy atom. The highest BCUT2D eigenvalue weighted by atomic mass is 28.5. The molecular weight excluding hydrogens is 365 g/mol. The van der Waals surface area contributed by atoms with Crippen LogP contribution in [0.3, 0.4) is 0 Å². The van der Waals surface area contributed by atoms with Crippen molar-refractivity contribution >= 4 is 33.8 Å². The molecule has 1 aliphatic rings. The SMILES string of the molecule is C=C[Si](C)(C)O[Si](C)(C)O[Si](C)(O[Si](C)(C)C=C)C1CCCCC1. The predicted octanol–water partition coefficient (Wildman–Crippen LogP) is 6.00. The molecule has 140 valence electrons. The lowest BCUT2D eigenvalue weighted by atomic mass is 10.0. The van der Waals surface area contributed by atoms with Crippen molar-refractivity contribution in [3.8, 4) is 0 Å². The molecule has 0 N–H and O–H groups in total. The molecule has 0 saturated heterocycles. The van der Waals surface area contributed by atoms with E-state index in [2.05, 4.69) is 59.0 Å². The molecule has 0 radical (unpaired) electrons. The summed E-state index contributed by atoms with van der Waals surface area (Å²) < 4.78 is 20.1. The van der Waals surface area contributed by atoms with Crippen LogP contribution in [0.5, 0.6) is 0 Å². The minimum atomic E-state index is -2.34. The van der Waals surface area contributed by atoms with Gasteiger partial charge in [-0.2, -0.15) is 0 Å². The summed E-state index contributed by atoms with van der Waals surface area (Å²) in [4.78, 5) is 0. The van der Waals surface area contributed by atoms with Gasteiger partial charge in [0.1, 0.15) is 0 Å². The van der Waals surface area contributed by atoms with Crippen LogP contribution < -0.4 is 0 Å². The molecule has 1 unspecified atom stereocenters. The Balaban J connectivity index is 3.03. The molecule has 0 bridgehead atoms. The monoisotopic (exact) mass is 402 g/mol. The van der Waals surface area contributed by atoms with Crippen molar-refractivity contribution < 1.29 is 12.3 Å². The lowest BCUT2D eigenvalue weighted by molar-refractivity contribution is 0.295. The largest absolute Gasteiger partial charge is 0.433 e. The smallest absolute Gasteiger partial charge is 0.319 e. The first-order valence-electron chi connectivity index (χ1n) is 9.22. The van der Waals surface area contributed by atoms with E-state index in [1.165, 1.54) is 32.1 Å². The molecule has 1 fully saturated rings. The topological polar surface area (TPSA) is 27.7 Å². The second kappa shape index (κ2) is 8.28. The summed E-state index contributed by atoms with van der Waals surface area (Å²) >= 11 is 0. The lowest BCUT2D eigenvalue weighted by Gasteiger charge is -2.46. The molecule has 0 amide bonds. The molecule has 3 nitrogen and oxygen atoms in total. The molecule has 0 aromatic rings. The Kier molecular flexibility index (Phi) is 7.68.